The maximum absolute atomic E-state index is 12.1. The van der Waals surface area contributed by atoms with Crippen molar-refractivity contribution in [3.8, 4) is 0 Å². The molecule has 132 valence electrons. The number of rotatable bonds is 7. The van der Waals surface area contributed by atoms with Crippen molar-refractivity contribution < 1.29 is 9.53 Å². The summed E-state index contributed by atoms with van der Waals surface area (Å²) in [4.78, 5) is 12.1. The second-order valence-corrected chi connectivity index (χ2v) is 7.39. The molecule has 0 saturated carbocycles. The third-order valence-electron chi connectivity index (χ3n) is 4.94. The zero-order valence-corrected chi connectivity index (χ0v) is 15.5. The summed E-state index contributed by atoms with van der Waals surface area (Å²) >= 11 is 0. The van der Waals surface area contributed by atoms with Gasteiger partial charge in [-0.2, -0.15) is 0 Å². The molecule has 0 heterocycles. The van der Waals surface area contributed by atoms with Gasteiger partial charge in [0.1, 0.15) is 6.10 Å². The van der Waals surface area contributed by atoms with Crippen LogP contribution in [0, 0.1) is 5.92 Å². The standard InChI is InChI=1S/C23H28O2/c1-4-5-9-22(24)25-21-15-14-19-17(11-10-16(2)3)12-13-18-7-6-8-20(21)23(18)19/h6-8,12-16,21H,4-5,9-11H2,1-3H3. The summed E-state index contributed by atoms with van der Waals surface area (Å²) in [7, 11) is 0. The van der Waals surface area contributed by atoms with Gasteiger partial charge in [-0.25, -0.2) is 0 Å². The molecule has 0 amide bonds. The van der Waals surface area contributed by atoms with Gasteiger partial charge >= 0.3 is 5.97 Å². The fourth-order valence-electron chi connectivity index (χ4n) is 3.48. The van der Waals surface area contributed by atoms with Crippen molar-refractivity contribution in [2.24, 2.45) is 5.92 Å². The molecule has 25 heavy (non-hydrogen) atoms. The Balaban J connectivity index is 1.93. The summed E-state index contributed by atoms with van der Waals surface area (Å²) < 4.78 is 5.75. The third kappa shape index (κ3) is 3.95. The first kappa shape index (κ1) is 17.7. The Bertz CT molecular complexity index is 786. The van der Waals surface area contributed by atoms with E-state index in [0.717, 1.165) is 24.8 Å². The highest BCUT2D eigenvalue weighted by Crippen LogP contribution is 2.37. The minimum Gasteiger partial charge on any atom is -0.453 e. The van der Waals surface area contributed by atoms with Crippen LogP contribution in [0.15, 0.2) is 36.4 Å². The van der Waals surface area contributed by atoms with Crippen LogP contribution in [0.25, 0.3) is 16.8 Å². The van der Waals surface area contributed by atoms with Crippen LogP contribution in [0.4, 0.5) is 0 Å². The smallest absolute Gasteiger partial charge is 0.306 e. The van der Waals surface area contributed by atoms with Crippen molar-refractivity contribution in [1.82, 2.24) is 0 Å². The van der Waals surface area contributed by atoms with Gasteiger partial charge in [-0.3, -0.25) is 4.79 Å². The lowest BCUT2D eigenvalue weighted by Crippen LogP contribution is -2.12. The highest BCUT2D eigenvalue weighted by Gasteiger charge is 2.22. The van der Waals surface area contributed by atoms with Crippen molar-refractivity contribution in [3.05, 3.63) is 53.1 Å². The van der Waals surface area contributed by atoms with Crippen LogP contribution in [0.1, 0.15) is 69.2 Å². The molecule has 0 aromatic heterocycles. The molecular weight excluding hydrogens is 308 g/mol. The Labute approximate surface area is 150 Å². The van der Waals surface area contributed by atoms with Crippen LogP contribution >= 0.6 is 0 Å². The molecule has 0 radical (unpaired) electrons. The van der Waals surface area contributed by atoms with Crippen LogP contribution in [-0.2, 0) is 16.0 Å². The van der Waals surface area contributed by atoms with Gasteiger partial charge in [0.15, 0.2) is 0 Å². The molecule has 2 nitrogen and oxygen atoms in total. The van der Waals surface area contributed by atoms with Crippen LogP contribution in [0.5, 0.6) is 0 Å². The van der Waals surface area contributed by atoms with E-state index in [1.54, 1.807) is 0 Å². The molecule has 3 rings (SSSR count). The monoisotopic (exact) mass is 336 g/mol. The average Bonchev–Trinajstić information content (AvgIpc) is 2.61. The molecule has 1 aliphatic carbocycles. The van der Waals surface area contributed by atoms with Crippen molar-refractivity contribution in [1.29, 1.82) is 0 Å². The summed E-state index contributed by atoms with van der Waals surface area (Å²) in [6, 6.07) is 10.7. The fourth-order valence-corrected chi connectivity index (χ4v) is 3.48. The van der Waals surface area contributed by atoms with E-state index in [1.807, 2.05) is 6.08 Å². The van der Waals surface area contributed by atoms with Gasteiger partial charge in [-0.05, 0) is 53.2 Å². The molecule has 0 aliphatic heterocycles. The van der Waals surface area contributed by atoms with Crippen molar-refractivity contribution in [2.45, 2.75) is 59.0 Å². The first-order valence-corrected chi connectivity index (χ1v) is 9.52. The summed E-state index contributed by atoms with van der Waals surface area (Å²) in [6.07, 6.45) is 8.59. The molecule has 0 N–H and O–H groups in total. The number of esters is 1. The number of hydrogen-bond acceptors (Lipinski definition) is 2. The average molecular weight is 336 g/mol. The lowest BCUT2D eigenvalue weighted by Gasteiger charge is -2.23. The Morgan fingerprint density at radius 2 is 2.04 bits per heavy atom. The molecule has 1 unspecified atom stereocenters. The lowest BCUT2D eigenvalue weighted by molar-refractivity contribution is -0.147. The zero-order chi connectivity index (χ0) is 17.8. The molecule has 2 aromatic carbocycles. The SMILES string of the molecule is CCCCC(=O)OC1C=Cc2c(CCC(C)C)ccc3cccc1c23. The Morgan fingerprint density at radius 1 is 1.20 bits per heavy atom. The second-order valence-electron chi connectivity index (χ2n) is 7.39. The predicted molar refractivity (Wildman–Crippen MR) is 104 cm³/mol. The van der Waals surface area contributed by atoms with Gasteiger partial charge in [0.05, 0.1) is 0 Å². The first-order chi connectivity index (χ1) is 12.1. The minimum atomic E-state index is -0.263. The maximum Gasteiger partial charge on any atom is 0.306 e. The molecule has 1 atom stereocenters. The van der Waals surface area contributed by atoms with Gasteiger partial charge in [-0.1, -0.05) is 63.6 Å². The second kappa shape index (κ2) is 7.86. The molecule has 2 aromatic rings. The highest BCUT2D eigenvalue weighted by molar-refractivity contribution is 5.97. The van der Waals surface area contributed by atoms with Gasteiger partial charge in [0.25, 0.3) is 0 Å². The number of unbranched alkanes of at least 4 members (excludes halogenated alkanes) is 1. The topological polar surface area (TPSA) is 26.3 Å². The first-order valence-electron chi connectivity index (χ1n) is 9.52. The molecule has 0 bridgehead atoms. The van der Waals surface area contributed by atoms with Gasteiger partial charge in [0.2, 0.25) is 0 Å². The van der Waals surface area contributed by atoms with E-state index >= 15 is 0 Å². The number of aryl methyl sites for hydroxylation is 1. The van der Waals surface area contributed by atoms with Crippen molar-refractivity contribution in [2.75, 3.05) is 0 Å². The molecule has 0 saturated heterocycles. The van der Waals surface area contributed by atoms with E-state index < -0.39 is 0 Å². The number of benzene rings is 2. The van der Waals surface area contributed by atoms with Crippen molar-refractivity contribution in [3.63, 3.8) is 0 Å². The maximum atomic E-state index is 12.1. The summed E-state index contributed by atoms with van der Waals surface area (Å²) in [5, 5.41) is 2.47. The van der Waals surface area contributed by atoms with Gasteiger partial charge < -0.3 is 4.74 Å². The normalized spacial score (nSPS) is 15.8. The largest absolute Gasteiger partial charge is 0.453 e. The minimum absolute atomic E-state index is 0.104. The molecular formula is C23H28O2. The van der Waals surface area contributed by atoms with E-state index in [-0.39, 0.29) is 12.1 Å². The number of hydrogen-bond donors (Lipinski definition) is 0. The van der Waals surface area contributed by atoms with E-state index in [2.05, 4.69) is 57.2 Å². The Morgan fingerprint density at radius 3 is 2.80 bits per heavy atom. The van der Waals surface area contributed by atoms with Gasteiger partial charge in [-0.15, -0.1) is 0 Å². The molecule has 1 aliphatic rings. The van der Waals surface area contributed by atoms with Crippen LogP contribution in [0.3, 0.4) is 0 Å². The van der Waals surface area contributed by atoms with E-state index in [0.29, 0.717) is 12.3 Å². The highest BCUT2D eigenvalue weighted by atomic mass is 16.5. The molecule has 0 fully saturated rings. The Kier molecular flexibility index (Phi) is 5.57. The predicted octanol–water partition coefficient (Wildman–Crippen LogP) is 6.23. The van der Waals surface area contributed by atoms with E-state index in [4.69, 9.17) is 4.74 Å². The van der Waals surface area contributed by atoms with Crippen LogP contribution in [-0.4, -0.2) is 5.97 Å². The van der Waals surface area contributed by atoms with E-state index in [1.165, 1.54) is 28.3 Å². The molecule has 2 heteroatoms. The summed E-state index contributed by atoms with van der Waals surface area (Å²) in [6.45, 7) is 6.61. The summed E-state index contributed by atoms with van der Waals surface area (Å²) in [5.74, 6) is 0.589. The fraction of sp³-hybridized carbons (Fsp3) is 0.435. The van der Waals surface area contributed by atoms with Crippen LogP contribution in [0.2, 0.25) is 0 Å². The molecule has 0 spiro atoms. The van der Waals surface area contributed by atoms with E-state index in [9.17, 15) is 4.79 Å². The number of ether oxygens (including phenoxy) is 1. The Hall–Kier alpha value is -2.09. The van der Waals surface area contributed by atoms with Crippen LogP contribution < -0.4 is 0 Å². The van der Waals surface area contributed by atoms with Crippen molar-refractivity contribution >= 4 is 22.8 Å². The third-order valence-corrected chi connectivity index (χ3v) is 4.94. The number of carbonyl (C=O) groups excluding carboxylic acids is 1. The lowest BCUT2D eigenvalue weighted by atomic mass is 9.86. The quantitative estimate of drug-likeness (QED) is 0.560. The zero-order valence-electron chi connectivity index (χ0n) is 15.5. The summed E-state index contributed by atoms with van der Waals surface area (Å²) in [5.41, 5.74) is 3.81. The number of carbonyl (C=O) groups is 1. The van der Waals surface area contributed by atoms with Gasteiger partial charge in [0, 0.05) is 12.0 Å².